The zero-order valence-corrected chi connectivity index (χ0v) is 8.21. The maximum atomic E-state index is 10.6. The fraction of sp³-hybridized carbons (Fsp3) is 0.700. The molecule has 3 heteroatoms. The van der Waals surface area contributed by atoms with Crippen molar-refractivity contribution in [3.63, 3.8) is 0 Å². The van der Waals surface area contributed by atoms with Gasteiger partial charge in [-0.1, -0.05) is 26.2 Å². The Morgan fingerprint density at radius 3 is 2.00 bits per heavy atom. The second-order valence-electron chi connectivity index (χ2n) is 3.44. The van der Waals surface area contributed by atoms with Gasteiger partial charge < -0.3 is 10.8 Å². The average Bonchev–Trinajstić information content (AvgIpc) is 2.05. The molecule has 1 aliphatic carbocycles. The van der Waals surface area contributed by atoms with Crippen LogP contribution in [0.5, 0.6) is 0 Å². The molecule has 1 rings (SSSR count). The summed E-state index contributed by atoms with van der Waals surface area (Å²) in [5, 5.41) is 9.33. The van der Waals surface area contributed by atoms with Crippen LogP contribution in [-0.4, -0.2) is 5.91 Å². The van der Waals surface area contributed by atoms with Gasteiger partial charge in [-0.25, -0.2) is 0 Å². The molecule has 0 aromatic heterocycles. The molecule has 0 saturated heterocycles. The van der Waals surface area contributed by atoms with E-state index in [2.05, 4.69) is 6.58 Å². The molecule has 0 bridgehead atoms. The Bertz CT molecular complexity index is 168. The molecule has 76 valence electrons. The molecule has 0 heterocycles. The zero-order chi connectivity index (χ0) is 10.3. The van der Waals surface area contributed by atoms with E-state index in [1.54, 1.807) is 0 Å². The van der Waals surface area contributed by atoms with Gasteiger partial charge in [0.1, 0.15) is 0 Å². The van der Waals surface area contributed by atoms with Crippen LogP contribution in [0.2, 0.25) is 0 Å². The van der Waals surface area contributed by atoms with Gasteiger partial charge in [0.15, 0.2) is 0 Å². The monoisotopic (exact) mass is 184 g/mol. The summed E-state index contributed by atoms with van der Waals surface area (Å²) in [6.07, 6.45) is 5.70. The molecule has 1 saturated carbocycles. The van der Waals surface area contributed by atoms with Crippen molar-refractivity contribution < 1.29 is 9.90 Å². The van der Waals surface area contributed by atoms with Crippen molar-refractivity contribution in [2.24, 2.45) is 11.7 Å². The molecule has 0 aromatic rings. The normalized spacial score (nSPS) is 17.0. The van der Waals surface area contributed by atoms with Crippen LogP contribution in [0.4, 0.5) is 0 Å². The number of rotatable bonds is 1. The third-order valence-electron chi connectivity index (χ3n) is 2.01. The fourth-order valence-electron chi connectivity index (χ4n) is 1.39. The predicted molar refractivity (Wildman–Crippen MR) is 50.6 cm³/mol. The van der Waals surface area contributed by atoms with Gasteiger partial charge >= 0.3 is 0 Å². The van der Waals surface area contributed by atoms with Crippen molar-refractivity contribution in [1.29, 1.82) is 0 Å². The molecule has 0 aliphatic heterocycles. The van der Waals surface area contributed by atoms with Crippen LogP contribution < -0.4 is 10.8 Å². The summed E-state index contributed by atoms with van der Waals surface area (Å²) in [5.74, 6) is 0.00782. The Morgan fingerprint density at radius 1 is 1.38 bits per heavy atom. The number of carbonyl (C=O) groups excluding carboxylic acids is 1. The van der Waals surface area contributed by atoms with Crippen LogP contribution in [0, 0.1) is 5.92 Å². The number of hydrogen-bond acceptors (Lipinski definition) is 2. The second-order valence-corrected chi connectivity index (χ2v) is 3.44. The van der Waals surface area contributed by atoms with E-state index in [1.165, 1.54) is 26.2 Å². The SMILES string of the molecule is C=C(C)[O-].NC(=O)C1CCCCC1. The van der Waals surface area contributed by atoms with Crippen LogP contribution in [0.15, 0.2) is 12.3 Å². The molecular formula is C10H18NO2-. The highest BCUT2D eigenvalue weighted by Crippen LogP contribution is 2.22. The lowest BCUT2D eigenvalue weighted by molar-refractivity contribution is -0.300. The Morgan fingerprint density at radius 2 is 1.77 bits per heavy atom. The molecule has 1 amide bonds. The molecule has 0 unspecified atom stereocenters. The molecule has 1 aliphatic rings. The fourth-order valence-corrected chi connectivity index (χ4v) is 1.39. The van der Waals surface area contributed by atoms with Crippen LogP contribution >= 0.6 is 0 Å². The molecule has 0 spiro atoms. The molecule has 3 nitrogen and oxygen atoms in total. The van der Waals surface area contributed by atoms with Crippen LogP contribution in [0.3, 0.4) is 0 Å². The van der Waals surface area contributed by atoms with E-state index >= 15 is 0 Å². The summed E-state index contributed by atoms with van der Waals surface area (Å²) in [6, 6.07) is 0. The number of primary amides is 1. The molecule has 2 N–H and O–H groups in total. The highest BCUT2D eigenvalue weighted by Gasteiger charge is 2.17. The molecule has 1 fully saturated rings. The van der Waals surface area contributed by atoms with Crippen molar-refractivity contribution in [3.8, 4) is 0 Å². The first-order chi connectivity index (χ1) is 6.04. The molecule has 0 aromatic carbocycles. The average molecular weight is 184 g/mol. The summed E-state index contributed by atoms with van der Waals surface area (Å²) in [5.41, 5.74) is 5.13. The number of hydrogen-bond donors (Lipinski definition) is 1. The highest BCUT2D eigenvalue weighted by molar-refractivity contribution is 5.76. The number of amides is 1. The molecule has 13 heavy (non-hydrogen) atoms. The minimum atomic E-state index is -0.102. The smallest absolute Gasteiger partial charge is 0.220 e. The van der Waals surface area contributed by atoms with Gasteiger partial charge in [-0.3, -0.25) is 4.79 Å². The first-order valence-electron chi connectivity index (χ1n) is 4.66. The maximum absolute atomic E-state index is 10.6. The second kappa shape index (κ2) is 6.52. The highest BCUT2D eigenvalue weighted by atomic mass is 16.3. The van der Waals surface area contributed by atoms with Gasteiger partial charge in [0, 0.05) is 5.92 Å². The van der Waals surface area contributed by atoms with Crippen molar-refractivity contribution in [1.82, 2.24) is 0 Å². The minimum absolute atomic E-state index is 0.0833. The Balaban J connectivity index is 0.000000310. The van der Waals surface area contributed by atoms with Gasteiger partial charge in [-0.05, 0) is 12.8 Å². The van der Waals surface area contributed by atoms with Gasteiger partial charge in [-0.2, -0.15) is 0 Å². The summed E-state index contributed by atoms with van der Waals surface area (Å²) in [7, 11) is 0. The minimum Gasteiger partial charge on any atom is -0.876 e. The predicted octanol–water partition coefficient (Wildman–Crippen LogP) is 0.932. The molecular weight excluding hydrogens is 166 g/mol. The van der Waals surface area contributed by atoms with Crippen LogP contribution in [0.25, 0.3) is 0 Å². The van der Waals surface area contributed by atoms with E-state index in [1.807, 2.05) is 0 Å². The first-order valence-corrected chi connectivity index (χ1v) is 4.66. The van der Waals surface area contributed by atoms with Crippen molar-refractivity contribution in [2.75, 3.05) is 0 Å². The third kappa shape index (κ3) is 7.37. The van der Waals surface area contributed by atoms with Crippen molar-refractivity contribution >= 4 is 5.91 Å². The maximum Gasteiger partial charge on any atom is 0.220 e. The largest absolute Gasteiger partial charge is 0.876 e. The Kier molecular flexibility index (Phi) is 6.02. The van der Waals surface area contributed by atoms with Crippen LogP contribution in [0.1, 0.15) is 39.0 Å². The number of allylic oxidation sites excluding steroid dienone is 1. The van der Waals surface area contributed by atoms with Gasteiger partial charge in [0.05, 0.1) is 0 Å². The van der Waals surface area contributed by atoms with Crippen molar-refractivity contribution in [2.45, 2.75) is 39.0 Å². The Hall–Kier alpha value is -0.990. The van der Waals surface area contributed by atoms with E-state index < -0.39 is 0 Å². The van der Waals surface area contributed by atoms with Crippen molar-refractivity contribution in [3.05, 3.63) is 12.3 Å². The molecule has 0 atom stereocenters. The van der Waals surface area contributed by atoms with E-state index in [9.17, 15) is 9.90 Å². The number of nitrogens with two attached hydrogens (primary N) is 1. The first kappa shape index (κ1) is 12.0. The topological polar surface area (TPSA) is 66.2 Å². The van der Waals surface area contributed by atoms with E-state index in [0.29, 0.717) is 0 Å². The third-order valence-corrected chi connectivity index (χ3v) is 2.01. The van der Waals surface area contributed by atoms with E-state index in [0.717, 1.165) is 12.8 Å². The lowest BCUT2D eigenvalue weighted by Gasteiger charge is -2.17. The van der Waals surface area contributed by atoms with Crippen LogP contribution in [-0.2, 0) is 4.79 Å². The standard InChI is InChI=1S/C7H13NO.C3H6O/c8-7(9)6-4-2-1-3-5-6;1-3(2)4/h6H,1-5H2,(H2,8,9);4H,1H2,2H3/p-1. The summed E-state index contributed by atoms with van der Waals surface area (Å²) >= 11 is 0. The summed E-state index contributed by atoms with van der Waals surface area (Å²) in [6.45, 7) is 4.42. The molecule has 0 radical (unpaired) electrons. The Labute approximate surface area is 79.6 Å². The summed E-state index contributed by atoms with van der Waals surface area (Å²) in [4.78, 5) is 10.6. The van der Waals surface area contributed by atoms with Gasteiger partial charge in [0.2, 0.25) is 5.91 Å². The van der Waals surface area contributed by atoms with E-state index in [4.69, 9.17) is 5.73 Å². The summed E-state index contributed by atoms with van der Waals surface area (Å²) < 4.78 is 0. The van der Waals surface area contributed by atoms with E-state index in [-0.39, 0.29) is 17.6 Å². The lowest BCUT2D eigenvalue weighted by atomic mass is 9.89. The van der Waals surface area contributed by atoms with Gasteiger partial charge in [0.25, 0.3) is 0 Å². The lowest BCUT2D eigenvalue weighted by Crippen LogP contribution is -2.24. The quantitative estimate of drug-likeness (QED) is 0.616. The zero-order valence-electron chi connectivity index (χ0n) is 8.21. The number of carbonyl (C=O) groups is 1. The van der Waals surface area contributed by atoms with Gasteiger partial charge in [-0.15, -0.1) is 12.3 Å².